The maximum atomic E-state index is 13.2. The average molecular weight is 383 g/mol. The zero-order chi connectivity index (χ0) is 18.4. The summed E-state index contributed by atoms with van der Waals surface area (Å²) in [5, 5.41) is 6.72. The lowest BCUT2D eigenvalue weighted by molar-refractivity contribution is -0.890. The highest BCUT2D eigenvalue weighted by Crippen LogP contribution is 2.23. The number of para-hydroxylation sites is 1. The van der Waals surface area contributed by atoms with E-state index in [0.29, 0.717) is 17.3 Å². The zero-order valence-corrected chi connectivity index (χ0v) is 16.0. The van der Waals surface area contributed by atoms with Crippen LogP contribution in [0.3, 0.4) is 0 Å². The van der Waals surface area contributed by atoms with Gasteiger partial charge in [-0.05, 0) is 42.5 Å². The maximum absolute atomic E-state index is 13.2. The Kier molecular flexibility index (Phi) is 6.99. The van der Waals surface area contributed by atoms with Crippen LogP contribution in [0.25, 0.3) is 0 Å². The highest BCUT2D eigenvalue weighted by molar-refractivity contribution is 7.80. The molecule has 0 aromatic heterocycles. The SMILES string of the molecule is COc1ccccc1[C@H](CNC(=S)Nc1ccc(F)c(Cl)c1)[NH+](C)C. The van der Waals surface area contributed by atoms with Gasteiger partial charge in [-0.3, -0.25) is 0 Å². The molecule has 0 unspecified atom stereocenters. The molecule has 2 rings (SSSR count). The van der Waals surface area contributed by atoms with Crippen molar-refractivity contribution in [2.45, 2.75) is 6.04 Å². The van der Waals surface area contributed by atoms with Gasteiger partial charge in [-0.1, -0.05) is 23.7 Å². The second-order valence-electron chi connectivity index (χ2n) is 5.84. The predicted octanol–water partition coefficient (Wildman–Crippen LogP) is 2.66. The fourth-order valence-electron chi connectivity index (χ4n) is 2.52. The molecule has 0 heterocycles. The number of hydrogen-bond acceptors (Lipinski definition) is 2. The third kappa shape index (κ3) is 5.29. The summed E-state index contributed by atoms with van der Waals surface area (Å²) in [4.78, 5) is 1.24. The van der Waals surface area contributed by atoms with E-state index in [2.05, 4.69) is 30.8 Å². The molecule has 2 aromatic carbocycles. The first-order valence-electron chi connectivity index (χ1n) is 7.85. The molecule has 0 aliphatic carbocycles. The lowest BCUT2D eigenvalue weighted by Crippen LogP contribution is -3.07. The van der Waals surface area contributed by atoms with Crippen LogP contribution < -0.4 is 20.3 Å². The molecule has 134 valence electrons. The van der Waals surface area contributed by atoms with Crippen LogP contribution in [-0.2, 0) is 0 Å². The summed E-state index contributed by atoms with van der Waals surface area (Å²) < 4.78 is 18.7. The van der Waals surface area contributed by atoms with E-state index >= 15 is 0 Å². The van der Waals surface area contributed by atoms with Crippen molar-refractivity contribution in [1.29, 1.82) is 0 Å². The number of methoxy groups -OCH3 is 1. The highest BCUT2D eigenvalue weighted by Gasteiger charge is 2.21. The van der Waals surface area contributed by atoms with E-state index in [9.17, 15) is 4.39 Å². The predicted molar refractivity (Wildman–Crippen MR) is 104 cm³/mol. The van der Waals surface area contributed by atoms with E-state index in [0.717, 1.165) is 11.3 Å². The average Bonchev–Trinajstić information content (AvgIpc) is 2.58. The normalized spacial score (nSPS) is 11.9. The van der Waals surface area contributed by atoms with Crippen molar-refractivity contribution in [2.24, 2.45) is 0 Å². The summed E-state index contributed by atoms with van der Waals surface area (Å²) in [6, 6.07) is 12.5. The number of ether oxygens (including phenoxy) is 1. The number of anilines is 1. The molecule has 0 fully saturated rings. The number of rotatable bonds is 6. The molecule has 0 spiro atoms. The van der Waals surface area contributed by atoms with Crippen molar-refractivity contribution >= 4 is 34.6 Å². The van der Waals surface area contributed by atoms with Gasteiger partial charge in [0.05, 0.1) is 38.3 Å². The lowest BCUT2D eigenvalue weighted by atomic mass is 10.0. The van der Waals surface area contributed by atoms with E-state index < -0.39 is 5.82 Å². The first-order valence-corrected chi connectivity index (χ1v) is 8.64. The summed E-state index contributed by atoms with van der Waals surface area (Å²) >= 11 is 11.1. The van der Waals surface area contributed by atoms with Gasteiger partial charge in [0, 0.05) is 5.69 Å². The monoisotopic (exact) mass is 382 g/mol. The third-order valence-electron chi connectivity index (χ3n) is 3.86. The molecule has 7 heteroatoms. The second kappa shape index (κ2) is 8.99. The number of thiocarbonyl (C=S) groups is 1. The van der Waals surface area contributed by atoms with Crippen LogP contribution in [0.2, 0.25) is 5.02 Å². The molecule has 0 radical (unpaired) electrons. The van der Waals surface area contributed by atoms with Gasteiger partial charge >= 0.3 is 0 Å². The minimum absolute atomic E-state index is 0.0532. The minimum Gasteiger partial charge on any atom is -0.496 e. The molecule has 0 aliphatic heterocycles. The van der Waals surface area contributed by atoms with E-state index in [-0.39, 0.29) is 11.1 Å². The maximum Gasteiger partial charge on any atom is 0.171 e. The van der Waals surface area contributed by atoms with Crippen LogP contribution in [0.5, 0.6) is 5.75 Å². The number of likely N-dealkylation sites (N-methyl/N-ethyl adjacent to an activating group) is 1. The van der Waals surface area contributed by atoms with Crippen molar-refractivity contribution in [3.63, 3.8) is 0 Å². The largest absolute Gasteiger partial charge is 0.496 e. The molecule has 0 bridgehead atoms. The third-order valence-corrected chi connectivity index (χ3v) is 4.39. The Morgan fingerprint density at radius 2 is 2.00 bits per heavy atom. The lowest BCUT2D eigenvalue weighted by Gasteiger charge is -2.24. The van der Waals surface area contributed by atoms with Crippen LogP contribution >= 0.6 is 23.8 Å². The standard InChI is InChI=1S/C18H21ClFN3OS/c1-23(2)16(13-6-4-5-7-17(13)24-3)11-21-18(25)22-12-8-9-15(20)14(19)10-12/h4-10,16H,11H2,1-3H3,(H2,21,22,25)/p+1/t16-/m0/s1. The Bertz CT molecular complexity index is 742. The molecule has 0 saturated carbocycles. The summed E-state index contributed by atoms with van der Waals surface area (Å²) in [5.74, 6) is 0.387. The molecule has 2 aromatic rings. The van der Waals surface area contributed by atoms with Crippen LogP contribution in [0, 0.1) is 5.82 Å². The van der Waals surface area contributed by atoms with Gasteiger partial charge in [0.1, 0.15) is 17.6 Å². The molecular formula is C18H22ClFN3OS+. The minimum atomic E-state index is -0.460. The highest BCUT2D eigenvalue weighted by atomic mass is 35.5. The van der Waals surface area contributed by atoms with Gasteiger partial charge in [0.25, 0.3) is 0 Å². The Hall–Kier alpha value is -1.89. The fraction of sp³-hybridized carbons (Fsp3) is 0.278. The Morgan fingerprint density at radius 3 is 2.64 bits per heavy atom. The van der Waals surface area contributed by atoms with Crippen molar-refractivity contribution in [3.05, 3.63) is 58.9 Å². The van der Waals surface area contributed by atoms with Crippen LogP contribution in [0.1, 0.15) is 11.6 Å². The van der Waals surface area contributed by atoms with E-state index in [1.165, 1.54) is 17.0 Å². The van der Waals surface area contributed by atoms with Crippen LogP contribution in [0.4, 0.5) is 10.1 Å². The summed E-state index contributed by atoms with van der Waals surface area (Å²) in [6.07, 6.45) is 0. The van der Waals surface area contributed by atoms with Crippen molar-refractivity contribution < 1.29 is 14.0 Å². The molecule has 0 saturated heterocycles. The number of hydrogen-bond donors (Lipinski definition) is 3. The van der Waals surface area contributed by atoms with Gasteiger partial charge in [-0.25, -0.2) is 4.39 Å². The van der Waals surface area contributed by atoms with Gasteiger partial charge in [0.2, 0.25) is 0 Å². The topological polar surface area (TPSA) is 37.7 Å². The molecule has 1 atom stereocenters. The number of quaternary nitrogens is 1. The quantitative estimate of drug-likeness (QED) is 0.671. The Balaban J connectivity index is 2.03. The smallest absolute Gasteiger partial charge is 0.171 e. The first kappa shape index (κ1) is 19.4. The summed E-state index contributed by atoms with van der Waals surface area (Å²) in [7, 11) is 5.82. The van der Waals surface area contributed by atoms with Crippen molar-refractivity contribution in [2.75, 3.05) is 33.1 Å². The molecule has 3 N–H and O–H groups in total. The molecular weight excluding hydrogens is 361 g/mol. The Labute approximate surface area is 157 Å². The van der Waals surface area contributed by atoms with Gasteiger partial charge < -0.3 is 20.3 Å². The van der Waals surface area contributed by atoms with Crippen molar-refractivity contribution in [1.82, 2.24) is 5.32 Å². The Morgan fingerprint density at radius 1 is 1.28 bits per heavy atom. The summed E-state index contributed by atoms with van der Waals surface area (Å²) in [6.45, 7) is 0.615. The number of benzene rings is 2. The van der Waals surface area contributed by atoms with Gasteiger partial charge in [-0.15, -0.1) is 0 Å². The molecule has 0 aliphatic rings. The molecule has 25 heavy (non-hydrogen) atoms. The molecule has 0 amide bonds. The summed E-state index contributed by atoms with van der Waals surface area (Å²) in [5.41, 5.74) is 1.74. The van der Waals surface area contributed by atoms with Crippen molar-refractivity contribution in [3.8, 4) is 5.75 Å². The number of nitrogens with one attached hydrogen (secondary N) is 3. The second-order valence-corrected chi connectivity index (χ2v) is 6.65. The van der Waals surface area contributed by atoms with Crippen LogP contribution in [-0.4, -0.2) is 32.9 Å². The van der Waals surface area contributed by atoms with Crippen LogP contribution in [0.15, 0.2) is 42.5 Å². The first-order chi connectivity index (χ1) is 11.9. The fourth-order valence-corrected chi connectivity index (χ4v) is 2.91. The van der Waals surface area contributed by atoms with E-state index in [1.807, 2.05) is 18.2 Å². The number of halogens is 2. The van der Waals surface area contributed by atoms with Gasteiger partial charge in [-0.2, -0.15) is 0 Å². The van der Waals surface area contributed by atoms with E-state index in [4.69, 9.17) is 28.6 Å². The van der Waals surface area contributed by atoms with E-state index in [1.54, 1.807) is 13.2 Å². The zero-order valence-electron chi connectivity index (χ0n) is 14.4. The molecule has 4 nitrogen and oxygen atoms in total. The van der Waals surface area contributed by atoms with Gasteiger partial charge in [0.15, 0.2) is 5.11 Å².